The van der Waals surface area contributed by atoms with Gasteiger partial charge in [-0.15, -0.1) is 24.0 Å². The molecule has 0 radical (unpaired) electrons. The van der Waals surface area contributed by atoms with Crippen LogP contribution in [-0.4, -0.2) is 63.5 Å². The number of hydrogen-bond donors (Lipinski definition) is 2. The van der Waals surface area contributed by atoms with E-state index in [1.807, 2.05) is 6.07 Å². The lowest BCUT2D eigenvalue weighted by atomic mass is 10.1. The van der Waals surface area contributed by atoms with E-state index in [0.29, 0.717) is 12.5 Å². The first kappa shape index (κ1) is 22.1. The zero-order valence-electron chi connectivity index (χ0n) is 14.8. The van der Waals surface area contributed by atoms with Gasteiger partial charge in [0, 0.05) is 39.9 Å². The summed E-state index contributed by atoms with van der Waals surface area (Å²) < 4.78 is 10.3. The van der Waals surface area contributed by atoms with E-state index in [1.165, 1.54) is 0 Å². The number of nitrogens with zero attached hydrogens (tertiary/aromatic N) is 3. The molecule has 0 atom stereocenters. The average Bonchev–Trinajstić information content (AvgIpc) is 2.97. The topological polar surface area (TPSA) is 74.9 Å². The lowest BCUT2D eigenvalue weighted by Crippen LogP contribution is -2.41. The predicted molar refractivity (Wildman–Crippen MR) is 104 cm³/mol. The summed E-state index contributed by atoms with van der Waals surface area (Å²) in [6.07, 6.45) is 0. The summed E-state index contributed by atoms with van der Waals surface area (Å²) in [5.74, 6) is 1.93. The van der Waals surface area contributed by atoms with Crippen molar-refractivity contribution in [3.8, 4) is 0 Å². The van der Waals surface area contributed by atoms with E-state index in [1.54, 1.807) is 14.2 Å². The molecule has 1 aromatic rings. The van der Waals surface area contributed by atoms with E-state index in [2.05, 4.69) is 46.6 Å². The Morgan fingerprint density at radius 2 is 2.13 bits per heavy atom. The fraction of sp³-hybridized carbons (Fsp3) is 0.733. The van der Waals surface area contributed by atoms with Crippen LogP contribution in [0.4, 0.5) is 0 Å². The third kappa shape index (κ3) is 9.11. The number of likely N-dealkylation sites (N-methyl/N-ethyl adjacent to an activating group) is 1. The number of guanidine groups is 1. The van der Waals surface area contributed by atoms with Crippen LogP contribution in [-0.2, 0) is 11.3 Å². The quantitative estimate of drug-likeness (QED) is 0.347. The summed E-state index contributed by atoms with van der Waals surface area (Å²) in [6.45, 7) is 8.15. The summed E-state index contributed by atoms with van der Waals surface area (Å²) in [7, 11) is 5.54. The lowest BCUT2D eigenvalue weighted by molar-refractivity contribution is 0.162. The van der Waals surface area contributed by atoms with E-state index in [-0.39, 0.29) is 24.0 Å². The SMILES string of the molecule is CN=C(NCCN(C)CCOC)NCc1cc(C(C)C)no1.I. The number of aliphatic imine (C=N–C) groups is 1. The van der Waals surface area contributed by atoms with Crippen molar-refractivity contribution in [2.45, 2.75) is 26.3 Å². The molecule has 7 nitrogen and oxygen atoms in total. The Hall–Kier alpha value is -0.870. The number of ether oxygens (including phenoxy) is 1. The molecule has 0 aliphatic rings. The van der Waals surface area contributed by atoms with Gasteiger partial charge in [0.2, 0.25) is 0 Å². The maximum absolute atomic E-state index is 5.29. The van der Waals surface area contributed by atoms with Crippen LogP contribution in [0, 0.1) is 0 Å². The van der Waals surface area contributed by atoms with Gasteiger partial charge in [0.05, 0.1) is 18.8 Å². The highest BCUT2D eigenvalue weighted by Gasteiger charge is 2.08. The fourth-order valence-electron chi connectivity index (χ4n) is 1.80. The molecule has 0 aliphatic heterocycles. The molecule has 23 heavy (non-hydrogen) atoms. The number of halogens is 1. The Labute approximate surface area is 156 Å². The van der Waals surface area contributed by atoms with Gasteiger partial charge in [-0.25, -0.2) is 0 Å². The van der Waals surface area contributed by atoms with Crippen molar-refractivity contribution in [3.05, 3.63) is 17.5 Å². The second-order valence-electron chi connectivity index (χ2n) is 5.52. The minimum absolute atomic E-state index is 0. The Bertz CT molecular complexity index is 451. The zero-order chi connectivity index (χ0) is 16.4. The molecule has 1 rings (SSSR count). The Balaban J connectivity index is 0.00000484. The molecule has 134 valence electrons. The molecule has 0 saturated heterocycles. The summed E-state index contributed by atoms with van der Waals surface area (Å²) in [6, 6.07) is 1.98. The Kier molecular flexibility index (Phi) is 12.1. The monoisotopic (exact) mass is 439 g/mol. The van der Waals surface area contributed by atoms with Gasteiger partial charge in [-0.2, -0.15) is 0 Å². The molecule has 0 spiro atoms. The molecule has 1 aromatic heterocycles. The molecule has 1 heterocycles. The van der Waals surface area contributed by atoms with Gasteiger partial charge in [0.1, 0.15) is 0 Å². The molecule has 0 fully saturated rings. The smallest absolute Gasteiger partial charge is 0.191 e. The van der Waals surface area contributed by atoms with Crippen LogP contribution < -0.4 is 10.6 Å². The molecule has 0 amide bonds. The molecule has 0 bridgehead atoms. The van der Waals surface area contributed by atoms with Crippen molar-refractivity contribution in [1.82, 2.24) is 20.7 Å². The molecule has 0 aromatic carbocycles. The van der Waals surface area contributed by atoms with Crippen LogP contribution in [0.2, 0.25) is 0 Å². The van der Waals surface area contributed by atoms with Crippen LogP contribution in [0.25, 0.3) is 0 Å². The molecule has 2 N–H and O–H groups in total. The summed E-state index contributed by atoms with van der Waals surface area (Å²) >= 11 is 0. The second-order valence-corrected chi connectivity index (χ2v) is 5.52. The number of aromatic nitrogens is 1. The van der Waals surface area contributed by atoms with Crippen LogP contribution in [0.15, 0.2) is 15.6 Å². The average molecular weight is 439 g/mol. The lowest BCUT2D eigenvalue weighted by Gasteiger charge is -2.17. The maximum Gasteiger partial charge on any atom is 0.191 e. The van der Waals surface area contributed by atoms with Crippen LogP contribution in [0.1, 0.15) is 31.2 Å². The molecular weight excluding hydrogens is 409 g/mol. The first-order valence-corrected chi connectivity index (χ1v) is 7.64. The highest BCUT2D eigenvalue weighted by molar-refractivity contribution is 14.0. The largest absolute Gasteiger partial charge is 0.383 e. The van der Waals surface area contributed by atoms with Gasteiger partial charge in [-0.1, -0.05) is 19.0 Å². The zero-order valence-corrected chi connectivity index (χ0v) is 17.1. The minimum atomic E-state index is 0. The fourth-order valence-corrected chi connectivity index (χ4v) is 1.80. The first-order valence-electron chi connectivity index (χ1n) is 7.64. The van der Waals surface area contributed by atoms with Gasteiger partial charge in [-0.05, 0) is 13.0 Å². The maximum atomic E-state index is 5.29. The molecule has 0 unspecified atom stereocenters. The van der Waals surface area contributed by atoms with Crippen LogP contribution in [0.3, 0.4) is 0 Å². The minimum Gasteiger partial charge on any atom is -0.383 e. The number of nitrogens with one attached hydrogen (secondary N) is 2. The predicted octanol–water partition coefficient (Wildman–Crippen LogP) is 1.66. The van der Waals surface area contributed by atoms with Gasteiger partial charge >= 0.3 is 0 Å². The second kappa shape index (κ2) is 12.5. The highest BCUT2D eigenvalue weighted by Crippen LogP contribution is 2.13. The number of hydrogen-bond acceptors (Lipinski definition) is 5. The first-order chi connectivity index (χ1) is 10.6. The summed E-state index contributed by atoms with van der Waals surface area (Å²) in [5.41, 5.74) is 0.972. The normalized spacial score (nSPS) is 11.7. The van der Waals surface area contributed by atoms with Crippen LogP contribution in [0.5, 0.6) is 0 Å². The standard InChI is InChI=1S/C15H29N5O2.HI/c1-12(2)14-10-13(22-19-14)11-18-15(16-3)17-6-7-20(4)8-9-21-5;/h10,12H,6-9,11H2,1-5H3,(H2,16,17,18);1H. The Morgan fingerprint density at radius 3 is 2.70 bits per heavy atom. The third-order valence-electron chi connectivity index (χ3n) is 3.29. The van der Waals surface area contributed by atoms with E-state index in [4.69, 9.17) is 9.26 Å². The van der Waals surface area contributed by atoms with Crippen molar-refractivity contribution < 1.29 is 9.26 Å². The highest BCUT2D eigenvalue weighted by atomic mass is 127. The molecule has 8 heteroatoms. The summed E-state index contributed by atoms with van der Waals surface area (Å²) in [5, 5.41) is 10.5. The molecule has 0 aliphatic carbocycles. The van der Waals surface area contributed by atoms with Crippen molar-refractivity contribution >= 4 is 29.9 Å². The third-order valence-corrected chi connectivity index (χ3v) is 3.29. The van der Waals surface area contributed by atoms with Crippen molar-refractivity contribution in [2.24, 2.45) is 4.99 Å². The summed E-state index contributed by atoms with van der Waals surface area (Å²) in [4.78, 5) is 6.40. The van der Waals surface area contributed by atoms with E-state index < -0.39 is 0 Å². The van der Waals surface area contributed by atoms with Crippen molar-refractivity contribution in [2.75, 3.05) is 47.4 Å². The number of rotatable bonds is 9. The van der Waals surface area contributed by atoms with Gasteiger partial charge in [0.25, 0.3) is 0 Å². The van der Waals surface area contributed by atoms with Gasteiger partial charge in [-0.3, -0.25) is 4.99 Å². The van der Waals surface area contributed by atoms with Crippen molar-refractivity contribution in [1.29, 1.82) is 0 Å². The van der Waals surface area contributed by atoms with Crippen molar-refractivity contribution in [3.63, 3.8) is 0 Å². The van der Waals surface area contributed by atoms with Crippen LogP contribution >= 0.6 is 24.0 Å². The van der Waals surface area contributed by atoms with E-state index in [9.17, 15) is 0 Å². The van der Waals surface area contributed by atoms with Gasteiger partial charge < -0.3 is 24.8 Å². The molecular formula is C15H30IN5O2. The van der Waals surface area contributed by atoms with E-state index in [0.717, 1.165) is 43.7 Å². The number of methoxy groups -OCH3 is 1. The van der Waals surface area contributed by atoms with Gasteiger partial charge in [0.15, 0.2) is 11.7 Å². The Morgan fingerprint density at radius 1 is 1.39 bits per heavy atom. The van der Waals surface area contributed by atoms with E-state index >= 15 is 0 Å². The molecule has 0 saturated carbocycles.